The summed E-state index contributed by atoms with van der Waals surface area (Å²) in [7, 11) is 0. The van der Waals surface area contributed by atoms with Crippen LogP contribution in [0.1, 0.15) is 0 Å². The molecule has 0 aliphatic heterocycles. The monoisotopic (exact) mass is 144 g/mol. The Hall–Kier alpha value is 2.27. The molecule has 0 bridgehead atoms. The van der Waals surface area contributed by atoms with Gasteiger partial charge in [-0.15, -0.1) is 0 Å². The minimum absolute atomic E-state index is 0. The maximum atomic E-state index is 0. The molecule has 4 heavy (non-hydrogen) atoms. The molecule has 0 amide bonds. The first-order chi connectivity index (χ1) is 0. The Kier molecular flexibility index (Phi) is 158. The van der Waals surface area contributed by atoms with E-state index in [1.165, 1.54) is 0 Å². The van der Waals surface area contributed by atoms with Gasteiger partial charge in [0.25, 0.3) is 0 Å². The topological polar surface area (TPSA) is 0 Å². The van der Waals surface area contributed by atoms with Gasteiger partial charge in [0.2, 0.25) is 0 Å². The maximum Gasteiger partial charge on any atom is 2.00 e. The summed E-state index contributed by atoms with van der Waals surface area (Å²) in [5.74, 6) is 0. The van der Waals surface area contributed by atoms with Crippen molar-refractivity contribution in [2.45, 2.75) is 0 Å². The van der Waals surface area contributed by atoms with Crippen molar-refractivity contribution in [1.82, 2.24) is 0 Å². The summed E-state index contributed by atoms with van der Waals surface area (Å²) in [6, 6.07) is 0. The van der Waals surface area contributed by atoms with Gasteiger partial charge in [-0.2, -0.15) is 9.90 Å². The van der Waals surface area contributed by atoms with E-state index in [1.54, 1.807) is 0 Å². The third-order valence-electron chi connectivity index (χ3n) is 0. The van der Waals surface area contributed by atoms with Crippen LogP contribution in [0.5, 0.6) is 0 Å². The van der Waals surface area contributed by atoms with Gasteiger partial charge >= 0.3 is 37.7 Å². The van der Waals surface area contributed by atoms with Crippen LogP contribution in [0, 0.1) is 0 Å². The van der Waals surface area contributed by atoms with Gasteiger partial charge in [-0.25, -0.2) is 0 Å². The fourth-order valence-electron chi connectivity index (χ4n) is 0. The van der Waals surface area contributed by atoms with E-state index in [9.17, 15) is 0 Å². The third-order valence-corrected chi connectivity index (χ3v) is 0. The van der Waals surface area contributed by atoms with E-state index in [0.29, 0.717) is 0 Å². The van der Waals surface area contributed by atoms with Crippen LogP contribution in [-0.2, 0) is 0 Å². The maximum absolute atomic E-state index is 0. The van der Waals surface area contributed by atoms with E-state index < -0.39 is 0 Å². The van der Waals surface area contributed by atoms with Gasteiger partial charge in [-0.3, -0.25) is 0 Å². The SMILES string of the molecule is P.[Ca+2].[Cl-].[Cl-]. The number of hydrogen-bond acceptors (Lipinski definition) is 0. The van der Waals surface area contributed by atoms with Gasteiger partial charge in [0.1, 0.15) is 0 Å². The van der Waals surface area contributed by atoms with Gasteiger partial charge < -0.3 is 24.8 Å². The van der Waals surface area contributed by atoms with E-state index >= 15 is 0 Å². The second kappa shape index (κ2) is 18.6. The smallest absolute Gasteiger partial charge is 1.00 e. The molecule has 0 aromatic rings. The zero-order valence-electron chi connectivity index (χ0n) is 2.17. The van der Waals surface area contributed by atoms with Crippen LogP contribution in [0.3, 0.4) is 0 Å². The molecule has 0 aliphatic rings. The Morgan fingerprint density at radius 1 is 0.750 bits per heavy atom. The second-order valence-electron chi connectivity index (χ2n) is 0. The van der Waals surface area contributed by atoms with E-state index in [-0.39, 0.29) is 72.5 Å². The second-order valence-corrected chi connectivity index (χ2v) is 0. The summed E-state index contributed by atoms with van der Waals surface area (Å²) in [5, 5.41) is 0. The summed E-state index contributed by atoms with van der Waals surface area (Å²) in [5.41, 5.74) is 0. The molecule has 1 unspecified atom stereocenters. The molecule has 0 aromatic carbocycles. The molecule has 0 saturated heterocycles. The van der Waals surface area contributed by atoms with Gasteiger partial charge in [-0.1, -0.05) is 0 Å². The zero-order chi connectivity index (χ0) is 0. The molecule has 0 heterocycles. The first-order valence-corrected chi connectivity index (χ1v) is 0. The Bertz CT molecular complexity index is 6.00. The van der Waals surface area contributed by atoms with Gasteiger partial charge in [0.15, 0.2) is 0 Å². The Labute approximate surface area is 71.5 Å². The average Bonchev–Trinajstić information content (AvgIpc) is 0. The molecule has 0 fully saturated rings. The zero-order valence-corrected chi connectivity index (χ0v) is 7.30. The van der Waals surface area contributed by atoms with Crippen LogP contribution in [0.25, 0.3) is 0 Å². The molecule has 24 valence electrons. The Morgan fingerprint density at radius 3 is 0.750 bits per heavy atom. The van der Waals surface area contributed by atoms with Crippen molar-refractivity contribution in [1.29, 1.82) is 0 Å². The van der Waals surface area contributed by atoms with E-state index in [1.807, 2.05) is 0 Å². The summed E-state index contributed by atoms with van der Waals surface area (Å²) in [4.78, 5) is 0. The molecule has 0 radical (unpaired) electrons. The summed E-state index contributed by atoms with van der Waals surface area (Å²) in [6.07, 6.45) is 0. The molecule has 0 spiro atoms. The number of halogens is 2. The largest absolute Gasteiger partial charge is 2.00 e. The predicted octanol–water partition coefficient (Wildman–Crippen LogP) is -6.31. The summed E-state index contributed by atoms with van der Waals surface area (Å²) < 4.78 is 0. The molecule has 1 atom stereocenters. The fraction of sp³-hybridized carbons (Fsp3) is 0. The molecule has 0 saturated carbocycles. The molecule has 0 nitrogen and oxygen atoms in total. The minimum Gasteiger partial charge on any atom is -1.00 e. The minimum atomic E-state index is 0. The fourth-order valence-corrected chi connectivity index (χ4v) is 0. The molecule has 4 heteroatoms. The van der Waals surface area contributed by atoms with Crippen molar-refractivity contribution in [3.63, 3.8) is 0 Å². The standard InChI is InChI=1S/Ca.2ClH.H3P/h;2*1H;1H3/q+2;;;/p-2. The van der Waals surface area contributed by atoms with Crippen LogP contribution >= 0.6 is 9.90 Å². The van der Waals surface area contributed by atoms with Crippen LogP contribution in [0.2, 0.25) is 0 Å². The van der Waals surface area contributed by atoms with Gasteiger partial charge in [0.05, 0.1) is 0 Å². The van der Waals surface area contributed by atoms with Crippen LogP contribution < -0.4 is 24.8 Å². The van der Waals surface area contributed by atoms with Gasteiger partial charge in [0, 0.05) is 0 Å². The molecule has 0 aliphatic carbocycles. The Morgan fingerprint density at radius 2 is 0.750 bits per heavy atom. The first-order valence-electron chi connectivity index (χ1n) is 0. The van der Waals surface area contributed by atoms with E-state index in [2.05, 4.69) is 0 Å². The molecule has 0 aromatic heterocycles. The number of rotatable bonds is 0. The quantitative estimate of drug-likeness (QED) is 0.235. The normalized spacial score (nSPS) is 0. The van der Waals surface area contributed by atoms with Crippen molar-refractivity contribution >= 4 is 47.6 Å². The predicted molar refractivity (Wildman–Crippen MR) is 16.9 cm³/mol. The van der Waals surface area contributed by atoms with E-state index in [0.717, 1.165) is 0 Å². The van der Waals surface area contributed by atoms with Crippen LogP contribution in [0.4, 0.5) is 0 Å². The van der Waals surface area contributed by atoms with Crippen LogP contribution in [0.15, 0.2) is 0 Å². The first kappa shape index (κ1) is 33.8. The number of hydrogen-bond donors (Lipinski definition) is 0. The van der Waals surface area contributed by atoms with Crippen molar-refractivity contribution in [3.8, 4) is 0 Å². The summed E-state index contributed by atoms with van der Waals surface area (Å²) in [6.45, 7) is 0. The van der Waals surface area contributed by atoms with Crippen LogP contribution in [-0.4, -0.2) is 37.7 Å². The van der Waals surface area contributed by atoms with Crippen molar-refractivity contribution in [2.75, 3.05) is 0 Å². The molecular weight excluding hydrogens is 142 g/mol. The summed E-state index contributed by atoms with van der Waals surface area (Å²) >= 11 is 0. The van der Waals surface area contributed by atoms with E-state index in [4.69, 9.17) is 0 Å². The Balaban J connectivity index is 0. The van der Waals surface area contributed by atoms with Crippen molar-refractivity contribution in [3.05, 3.63) is 0 Å². The average molecular weight is 145 g/mol. The molecule has 0 rings (SSSR count). The van der Waals surface area contributed by atoms with Gasteiger partial charge in [-0.05, 0) is 0 Å². The molecule has 0 N–H and O–H groups in total. The van der Waals surface area contributed by atoms with Crippen molar-refractivity contribution in [2.24, 2.45) is 0 Å². The third kappa shape index (κ3) is 8.86. The molecular formula is H3CaCl2P. The van der Waals surface area contributed by atoms with Crippen molar-refractivity contribution < 1.29 is 24.8 Å².